The summed E-state index contributed by atoms with van der Waals surface area (Å²) in [5, 5.41) is 7.80. The van der Waals surface area contributed by atoms with Gasteiger partial charge < -0.3 is 5.32 Å². The van der Waals surface area contributed by atoms with E-state index in [1.54, 1.807) is 0 Å². The lowest BCUT2D eigenvalue weighted by atomic mass is 10.2. The van der Waals surface area contributed by atoms with Gasteiger partial charge in [0.15, 0.2) is 0 Å². The van der Waals surface area contributed by atoms with Crippen molar-refractivity contribution in [2.75, 3.05) is 12.3 Å². The van der Waals surface area contributed by atoms with Crippen molar-refractivity contribution in [3.05, 3.63) is 12.4 Å². The van der Waals surface area contributed by atoms with Crippen molar-refractivity contribution >= 4 is 11.8 Å². The van der Waals surface area contributed by atoms with E-state index in [-0.39, 0.29) is 0 Å². The van der Waals surface area contributed by atoms with E-state index in [1.165, 1.54) is 42.8 Å². The van der Waals surface area contributed by atoms with E-state index < -0.39 is 0 Å². The van der Waals surface area contributed by atoms with Crippen LogP contribution in [0.25, 0.3) is 0 Å². The average molecular weight is 239 g/mol. The molecule has 1 saturated carbocycles. The molecule has 90 valence electrons. The number of hydrogen-bond donors (Lipinski definition) is 1. The molecule has 1 aliphatic carbocycles. The molecule has 2 rings (SSSR count). The van der Waals surface area contributed by atoms with Crippen molar-refractivity contribution in [3.8, 4) is 0 Å². The molecule has 16 heavy (non-hydrogen) atoms. The van der Waals surface area contributed by atoms with Crippen molar-refractivity contribution in [1.29, 1.82) is 0 Å². The van der Waals surface area contributed by atoms with E-state index in [2.05, 4.69) is 16.6 Å². The van der Waals surface area contributed by atoms with E-state index in [1.807, 2.05) is 29.7 Å². The molecule has 1 aromatic rings. The summed E-state index contributed by atoms with van der Waals surface area (Å²) >= 11 is 1.90. The Hall–Kier alpha value is -0.480. The van der Waals surface area contributed by atoms with Crippen LogP contribution in [0.5, 0.6) is 0 Å². The lowest BCUT2D eigenvalue weighted by Crippen LogP contribution is -2.27. The molecular weight excluding hydrogens is 218 g/mol. The predicted molar refractivity (Wildman–Crippen MR) is 68.8 cm³/mol. The topological polar surface area (TPSA) is 29.9 Å². The summed E-state index contributed by atoms with van der Waals surface area (Å²) in [7, 11) is 1.96. The highest BCUT2D eigenvalue weighted by atomic mass is 32.2. The standard InChI is InChI=1S/C12H21N3S/c1-15-10-12(9-14-15)16-8-4-7-13-11-5-2-3-6-11/h9-11,13H,2-8H2,1H3. The maximum absolute atomic E-state index is 4.16. The second-order valence-electron chi connectivity index (χ2n) is 4.49. The number of thioether (sulfide) groups is 1. The largest absolute Gasteiger partial charge is 0.314 e. The molecule has 0 saturated heterocycles. The maximum atomic E-state index is 4.16. The molecular formula is C12H21N3S. The Bertz CT molecular complexity index is 305. The monoisotopic (exact) mass is 239 g/mol. The number of aryl methyl sites for hydroxylation is 1. The Balaban J connectivity index is 1.51. The number of rotatable bonds is 6. The van der Waals surface area contributed by atoms with Gasteiger partial charge in [0.05, 0.1) is 6.20 Å². The van der Waals surface area contributed by atoms with E-state index in [4.69, 9.17) is 0 Å². The minimum Gasteiger partial charge on any atom is -0.314 e. The lowest BCUT2D eigenvalue weighted by Gasteiger charge is -2.10. The number of aromatic nitrogens is 2. The number of nitrogens with zero attached hydrogens (tertiary/aromatic N) is 2. The lowest BCUT2D eigenvalue weighted by molar-refractivity contribution is 0.525. The molecule has 1 heterocycles. The molecule has 0 amide bonds. The van der Waals surface area contributed by atoms with Crippen molar-refractivity contribution in [1.82, 2.24) is 15.1 Å². The van der Waals surface area contributed by atoms with E-state index in [0.29, 0.717) is 0 Å². The summed E-state index contributed by atoms with van der Waals surface area (Å²) in [6.45, 7) is 1.16. The molecule has 0 atom stereocenters. The summed E-state index contributed by atoms with van der Waals surface area (Å²) in [6.07, 6.45) is 10.9. The summed E-state index contributed by atoms with van der Waals surface area (Å²) in [5.41, 5.74) is 0. The summed E-state index contributed by atoms with van der Waals surface area (Å²) < 4.78 is 1.86. The quantitative estimate of drug-likeness (QED) is 0.611. The Labute approximate surface area is 102 Å². The molecule has 0 spiro atoms. The van der Waals surface area contributed by atoms with Crippen LogP contribution in [0, 0.1) is 0 Å². The van der Waals surface area contributed by atoms with Gasteiger partial charge in [0, 0.05) is 24.2 Å². The van der Waals surface area contributed by atoms with Crippen molar-refractivity contribution in [2.45, 2.75) is 43.0 Å². The van der Waals surface area contributed by atoms with Gasteiger partial charge >= 0.3 is 0 Å². The second kappa shape index (κ2) is 6.30. The Kier molecular flexibility index (Phi) is 4.72. The van der Waals surface area contributed by atoms with E-state index >= 15 is 0 Å². The molecule has 1 aliphatic rings. The zero-order valence-electron chi connectivity index (χ0n) is 9.98. The fraction of sp³-hybridized carbons (Fsp3) is 0.750. The average Bonchev–Trinajstić information content (AvgIpc) is 2.89. The first-order valence-electron chi connectivity index (χ1n) is 6.19. The van der Waals surface area contributed by atoms with Gasteiger partial charge in [0.1, 0.15) is 0 Å². The zero-order chi connectivity index (χ0) is 11.2. The van der Waals surface area contributed by atoms with Gasteiger partial charge in [-0.05, 0) is 31.6 Å². The van der Waals surface area contributed by atoms with Crippen LogP contribution < -0.4 is 5.32 Å². The van der Waals surface area contributed by atoms with Gasteiger partial charge in [0.25, 0.3) is 0 Å². The van der Waals surface area contributed by atoms with Gasteiger partial charge in [-0.2, -0.15) is 5.10 Å². The summed E-state index contributed by atoms with van der Waals surface area (Å²) in [4.78, 5) is 1.28. The minimum absolute atomic E-state index is 0.809. The molecule has 0 aromatic carbocycles. The smallest absolute Gasteiger partial charge is 0.0625 e. The van der Waals surface area contributed by atoms with Crippen molar-refractivity contribution in [3.63, 3.8) is 0 Å². The predicted octanol–water partition coefficient (Wildman–Crippen LogP) is 2.43. The number of nitrogens with one attached hydrogen (secondary N) is 1. The van der Waals surface area contributed by atoms with E-state index in [9.17, 15) is 0 Å². The molecule has 0 aliphatic heterocycles. The van der Waals surface area contributed by atoms with Crippen LogP contribution >= 0.6 is 11.8 Å². The maximum Gasteiger partial charge on any atom is 0.0625 e. The van der Waals surface area contributed by atoms with Crippen molar-refractivity contribution < 1.29 is 0 Å². The second-order valence-corrected chi connectivity index (χ2v) is 5.66. The van der Waals surface area contributed by atoms with Crippen LogP contribution in [-0.4, -0.2) is 28.1 Å². The first kappa shape index (κ1) is 12.0. The highest BCUT2D eigenvalue weighted by molar-refractivity contribution is 7.99. The van der Waals surface area contributed by atoms with Gasteiger partial charge in [-0.3, -0.25) is 4.68 Å². The third kappa shape index (κ3) is 3.83. The number of hydrogen-bond acceptors (Lipinski definition) is 3. The summed E-state index contributed by atoms with van der Waals surface area (Å²) in [5.74, 6) is 1.19. The first-order valence-corrected chi connectivity index (χ1v) is 7.18. The molecule has 3 nitrogen and oxygen atoms in total. The molecule has 0 bridgehead atoms. The molecule has 4 heteroatoms. The van der Waals surface area contributed by atoms with Crippen LogP contribution in [0.4, 0.5) is 0 Å². The van der Waals surface area contributed by atoms with Crippen LogP contribution in [0.15, 0.2) is 17.3 Å². The van der Waals surface area contributed by atoms with E-state index in [0.717, 1.165) is 12.6 Å². The molecule has 0 radical (unpaired) electrons. The molecule has 0 unspecified atom stereocenters. The first-order chi connectivity index (χ1) is 7.84. The van der Waals surface area contributed by atoms with Crippen LogP contribution in [0.3, 0.4) is 0 Å². The highest BCUT2D eigenvalue weighted by Gasteiger charge is 2.13. The van der Waals surface area contributed by atoms with Gasteiger partial charge in [-0.1, -0.05) is 12.8 Å². The molecule has 1 fully saturated rings. The zero-order valence-corrected chi connectivity index (χ0v) is 10.8. The van der Waals surface area contributed by atoms with Crippen LogP contribution in [0.2, 0.25) is 0 Å². The Morgan fingerprint density at radius 2 is 2.31 bits per heavy atom. The highest BCUT2D eigenvalue weighted by Crippen LogP contribution is 2.19. The summed E-state index contributed by atoms with van der Waals surface area (Å²) in [6, 6.07) is 0.809. The van der Waals surface area contributed by atoms with Gasteiger partial charge in [0.2, 0.25) is 0 Å². The molecule has 1 aromatic heterocycles. The van der Waals surface area contributed by atoms with Gasteiger partial charge in [-0.25, -0.2) is 0 Å². The SMILES string of the molecule is Cn1cc(SCCCNC2CCCC2)cn1. The van der Waals surface area contributed by atoms with Gasteiger partial charge in [-0.15, -0.1) is 11.8 Å². The minimum atomic E-state index is 0.809. The third-order valence-electron chi connectivity index (χ3n) is 3.06. The fourth-order valence-corrected chi connectivity index (χ4v) is 3.04. The molecule has 1 N–H and O–H groups in total. The fourth-order valence-electron chi connectivity index (χ4n) is 2.17. The van der Waals surface area contributed by atoms with Crippen molar-refractivity contribution in [2.24, 2.45) is 7.05 Å². The van der Waals surface area contributed by atoms with Crippen LogP contribution in [0.1, 0.15) is 32.1 Å². The van der Waals surface area contributed by atoms with Crippen LogP contribution in [-0.2, 0) is 7.05 Å². The Morgan fingerprint density at radius 3 is 3.00 bits per heavy atom. The normalized spacial score (nSPS) is 17.1. The third-order valence-corrected chi connectivity index (χ3v) is 4.10. The Morgan fingerprint density at radius 1 is 1.50 bits per heavy atom.